The highest BCUT2D eigenvalue weighted by Crippen LogP contribution is 2.24. The van der Waals surface area contributed by atoms with Crippen molar-refractivity contribution in [3.8, 4) is 5.75 Å². The summed E-state index contributed by atoms with van der Waals surface area (Å²) in [5.41, 5.74) is 6.06. The highest BCUT2D eigenvalue weighted by molar-refractivity contribution is 6.61. The van der Waals surface area contributed by atoms with E-state index in [1.54, 1.807) is 63.2 Å². The molecule has 7 N–H and O–H groups in total. The number of non-ortho nitro benzene ring substituents is 1. The van der Waals surface area contributed by atoms with Crippen LogP contribution in [0.5, 0.6) is 5.75 Å². The molecule has 0 radical (unpaired) electrons. The zero-order chi connectivity index (χ0) is 75.9. The molecule has 104 heavy (non-hydrogen) atoms. The minimum Gasteiger partial charge on any atom is -0.447 e. The number of hydrogen-bond acceptors (Lipinski definition) is 18. The number of alkyl carbamates (subject to hydrolysis) is 2. The maximum atomic E-state index is 13.8. The highest BCUT2D eigenvalue weighted by atomic mass is 35.5. The predicted molar refractivity (Wildman–Crippen MR) is 380 cm³/mol. The van der Waals surface area contributed by atoms with Gasteiger partial charge < -0.3 is 59.9 Å². The number of carbonyl (C=O) groups excluding carboxylic acids is 7. The van der Waals surface area contributed by atoms with Gasteiger partial charge in [0, 0.05) is 87.2 Å². The zero-order valence-corrected chi connectivity index (χ0v) is 58.5. The standard InChI is InChI=1S/C30H28ClF2N5O5.C27H31FN4O6.C7H7ClFN.C7H4ClNO4/c1-38(28(39)35-15-21-8-5-9-25(33)27(21)31)24(16-36-29(40)42-17-19-6-3-2-4-7-19)18-43-30(41)37-26-13-22-12-23(32)11-10-20(22)14-34-26;1-27(2,3)38-26(35)32(4)22(15-30-24(33)36-16-18-8-6-5-7-9-18)17-37-25(34)31-23-13-20-12-21(28)11-10-19(20)14-29-23;8-7-5(4-10)2-1-3-6(7)9;8-7(10)13-6-3-1-5(2-4-6)9(11)12/h2-14,24H,15-18H2,1H3,(H,35,39)(H,36,40)(H,34,37,41);5-14,22H,15-17H2,1-4H3,(H,30,33)(H,29,31,34);1-3H,4,10H2;1-4H/t24-;22-;;/m00../s1. The molecule has 0 saturated heterocycles. The van der Waals surface area contributed by atoms with E-state index in [2.05, 4.69) is 41.3 Å². The van der Waals surface area contributed by atoms with Gasteiger partial charge in [-0.3, -0.25) is 20.7 Å². The maximum Gasteiger partial charge on any atom is 0.412 e. The van der Waals surface area contributed by atoms with Crippen LogP contribution in [-0.2, 0) is 50.0 Å². The summed E-state index contributed by atoms with van der Waals surface area (Å²) in [5.74, 6) is -1.43. The number of pyridine rings is 2. The maximum absolute atomic E-state index is 13.8. The Morgan fingerprint density at radius 3 is 1.44 bits per heavy atom. The molecular formula is C71H70Cl3F4N11O15. The molecule has 0 aliphatic rings. The first-order chi connectivity index (χ1) is 49.5. The molecule has 7 amide bonds. The molecular weight excluding hydrogens is 1430 g/mol. The molecule has 548 valence electrons. The van der Waals surface area contributed by atoms with Gasteiger partial charge in [-0.25, -0.2) is 61.1 Å². The van der Waals surface area contributed by atoms with Crippen LogP contribution in [0.3, 0.4) is 0 Å². The van der Waals surface area contributed by atoms with E-state index in [1.165, 1.54) is 115 Å². The van der Waals surface area contributed by atoms with E-state index < -0.39 is 87.8 Å². The van der Waals surface area contributed by atoms with Crippen molar-refractivity contribution < 1.29 is 84.5 Å². The summed E-state index contributed by atoms with van der Waals surface area (Å²) in [6.07, 6.45) is -0.873. The number of aromatic nitrogens is 2. The number of likely N-dealkylation sites (N-methyl/N-ethyl adjacent to an activating group) is 2. The monoisotopic (exact) mass is 1500 g/mol. The summed E-state index contributed by atoms with van der Waals surface area (Å²) in [5, 5.41) is 25.4. The number of carbonyl (C=O) groups is 7. The van der Waals surface area contributed by atoms with Gasteiger partial charge in [0.25, 0.3) is 5.69 Å². The van der Waals surface area contributed by atoms with Gasteiger partial charge in [-0.2, -0.15) is 0 Å². The minimum absolute atomic E-state index is 0.0314. The zero-order valence-electron chi connectivity index (χ0n) is 56.2. The normalized spacial score (nSPS) is 11.1. The van der Waals surface area contributed by atoms with Gasteiger partial charge in [0.1, 0.15) is 72.7 Å². The fourth-order valence-electron chi connectivity index (χ4n) is 8.62. The third-order valence-corrected chi connectivity index (χ3v) is 15.0. The molecule has 0 fully saturated rings. The van der Waals surface area contributed by atoms with Crippen molar-refractivity contribution in [1.82, 2.24) is 35.7 Å². The highest BCUT2D eigenvalue weighted by Gasteiger charge is 2.28. The van der Waals surface area contributed by atoms with Crippen molar-refractivity contribution in [2.75, 3.05) is 51.0 Å². The average Bonchev–Trinajstić information content (AvgIpc) is 0.837. The van der Waals surface area contributed by atoms with E-state index in [0.29, 0.717) is 32.7 Å². The number of fused-ring (bicyclic) bond motifs is 2. The number of halogens is 7. The Morgan fingerprint density at radius 1 is 0.558 bits per heavy atom. The Morgan fingerprint density at radius 2 is 1.01 bits per heavy atom. The Hall–Kier alpha value is -11.6. The van der Waals surface area contributed by atoms with Gasteiger partial charge in [-0.05, 0) is 127 Å². The smallest absolute Gasteiger partial charge is 0.412 e. The van der Waals surface area contributed by atoms with Gasteiger partial charge in [0.2, 0.25) is 0 Å². The Labute approximate surface area is 608 Å². The van der Waals surface area contributed by atoms with Crippen LogP contribution in [0.1, 0.15) is 43.0 Å². The lowest BCUT2D eigenvalue weighted by molar-refractivity contribution is -0.384. The lowest BCUT2D eigenvalue weighted by Gasteiger charge is -2.30. The first-order valence-electron chi connectivity index (χ1n) is 31.1. The van der Waals surface area contributed by atoms with E-state index in [9.17, 15) is 61.2 Å². The van der Waals surface area contributed by atoms with Crippen LogP contribution < -0.4 is 37.1 Å². The third kappa shape index (κ3) is 28.1. The second-order valence-corrected chi connectivity index (χ2v) is 23.9. The number of ether oxygens (including phenoxy) is 6. The summed E-state index contributed by atoms with van der Waals surface area (Å²) in [6.45, 7) is 4.64. The van der Waals surface area contributed by atoms with Gasteiger partial charge in [-0.15, -0.1) is 0 Å². The first-order valence-corrected chi connectivity index (χ1v) is 32.2. The van der Waals surface area contributed by atoms with Gasteiger partial charge in [0.05, 0.1) is 27.1 Å². The number of benzene rings is 7. The predicted octanol–water partition coefficient (Wildman–Crippen LogP) is 15.2. The molecule has 0 bridgehead atoms. The van der Waals surface area contributed by atoms with E-state index in [-0.39, 0.29) is 85.7 Å². The first kappa shape index (κ1) is 81.4. The van der Waals surface area contributed by atoms with Crippen molar-refractivity contribution >= 4 is 116 Å². The summed E-state index contributed by atoms with van der Waals surface area (Å²) >= 11 is 16.4. The van der Waals surface area contributed by atoms with Crippen molar-refractivity contribution in [1.29, 1.82) is 0 Å². The molecule has 0 spiro atoms. The van der Waals surface area contributed by atoms with Crippen molar-refractivity contribution in [3.63, 3.8) is 0 Å². The molecule has 0 unspecified atom stereocenters. The lowest BCUT2D eigenvalue weighted by atomic mass is 10.2. The fourth-order valence-corrected chi connectivity index (χ4v) is 9.10. The minimum atomic E-state index is -0.978. The molecule has 2 aromatic heterocycles. The van der Waals surface area contributed by atoms with Crippen LogP contribution in [0, 0.1) is 33.4 Å². The number of nitrogens with one attached hydrogen (secondary N) is 5. The molecule has 2 atom stereocenters. The van der Waals surface area contributed by atoms with Crippen LogP contribution in [0.2, 0.25) is 10.0 Å². The molecule has 0 aliphatic heterocycles. The van der Waals surface area contributed by atoms with Gasteiger partial charge in [-0.1, -0.05) is 108 Å². The van der Waals surface area contributed by atoms with E-state index >= 15 is 0 Å². The van der Waals surface area contributed by atoms with Crippen LogP contribution >= 0.6 is 34.8 Å². The molecule has 26 nitrogen and oxygen atoms in total. The van der Waals surface area contributed by atoms with Crippen LogP contribution in [0.15, 0.2) is 182 Å². The number of urea groups is 1. The summed E-state index contributed by atoms with van der Waals surface area (Å²) in [7, 11) is 2.90. The quantitative estimate of drug-likeness (QED) is 0.0128. The number of nitro benzene ring substituents is 1. The van der Waals surface area contributed by atoms with Crippen LogP contribution in [0.25, 0.3) is 21.5 Å². The Bertz CT molecular complexity index is 4410. The van der Waals surface area contributed by atoms with Crippen LogP contribution in [-0.4, -0.2) is 125 Å². The Balaban J connectivity index is 0.000000251. The topological polar surface area (TPSA) is 336 Å². The number of rotatable bonds is 21. The summed E-state index contributed by atoms with van der Waals surface area (Å²) < 4.78 is 84.4. The Kier molecular flexibility index (Phi) is 31.9. The van der Waals surface area contributed by atoms with E-state index in [1.807, 2.05) is 48.5 Å². The van der Waals surface area contributed by atoms with Crippen molar-refractivity contribution in [2.24, 2.45) is 5.73 Å². The summed E-state index contributed by atoms with van der Waals surface area (Å²) in [4.78, 5) is 106. The molecule has 7 aromatic carbocycles. The molecule has 33 heteroatoms. The number of hydrogen-bond donors (Lipinski definition) is 6. The van der Waals surface area contributed by atoms with Crippen molar-refractivity contribution in [2.45, 2.75) is 64.8 Å². The number of nitro groups is 1. The average molecular weight is 1500 g/mol. The molecule has 9 aromatic rings. The largest absolute Gasteiger partial charge is 0.447 e. The SMILES string of the molecule is CN(C(=O)NCc1cccc(F)c1Cl)[C@@H](CNC(=O)OCc1ccccc1)COC(=O)Nc1cc2cc(F)ccc2cn1.CN(C(=O)OC(C)(C)C)[C@@H](CNC(=O)OCc1ccccc1)COC(=O)Nc1cc2cc(F)ccc2cn1.NCc1cccc(F)c1Cl.O=C(Cl)Oc1ccc([N+](=O)[O-])cc1. The van der Waals surface area contributed by atoms with E-state index in [0.717, 1.165) is 11.1 Å². The molecule has 9 rings (SSSR count). The third-order valence-electron chi connectivity index (χ3n) is 14.1. The summed E-state index contributed by atoms with van der Waals surface area (Å²) in [6, 6.07) is 41.2. The van der Waals surface area contributed by atoms with Crippen molar-refractivity contribution in [3.05, 3.63) is 248 Å². The molecule has 2 heterocycles. The second kappa shape index (κ2) is 40.7. The molecule has 0 aliphatic carbocycles. The second-order valence-electron chi connectivity index (χ2n) is 22.8. The number of nitrogens with two attached hydrogens (primary N) is 1. The number of amides is 7. The fraction of sp³-hybridized carbons (Fsp3) is 0.225. The number of anilines is 2. The van der Waals surface area contributed by atoms with Gasteiger partial charge >= 0.3 is 41.9 Å². The van der Waals surface area contributed by atoms with Gasteiger partial charge in [0.15, 0.2) is 0 Å². The molecule has 0 saturated carbocycles. The van der Waals surface area contributed by atoms with E-state index in [4.69, 9.17) is 64.2 Å². The lowest BCUT2D eigenvalue weighted by Crippen LogP contribution is -2.51. The van der Waals surface area contributed by atoms with Crippen LogP contribution in [0.4, 0.5) is 68.4 Å². The number of nitrogens with zero attached hydrogens (tertiary/aromatic N) is 5.